The van der Waals surface area contributed by atoms with Crippen molar-refractivity contribution in [3.05, 3.63) is 28.2 Å². The van der Waals surface area contributed by atoms with Crippen LogP contribution in [0, 0.1) is 5.41 Å². The Labute approximate surface area is 124 Å². The molecule has 1 nitrogen and oxygen atoms in total. The predicted molar refractivity (Wildman–Crippen MR) is 82.6 cm³/mol. The summed E-state index contributed by atoms with van der Waals surface area (Å²) in [5, 5.41) is 0.0431. The van der Waals surface area contributed by atoms with Crippen molar-refractivity contribution in [3.8, 4) is 5.75 Å². The zero-order chi connectivity index (χ0) is 13.8. The summed E-state index contributed by atoms with van der Waals surface area (Å²) in [4.78, 5) is 0. The molecular formula is C15H22BrClO. The van der Waals surface area contributed by atoms with Crippen molar-refractivity contribution in [2.75, 3.05) is 6.61 Å². The van der Waals surface area contributed by atoms with Crippen molar-refractivity contribution < 1.29 is 4.74 Å². The Balaban J connectivity index is 2.77. The number of rotatable bonds is 5. The molecule has 1 atom stereocenters. The van der Waals surface area contributed by atoms with Gasteiger partial charge in [0.2, 0.25) is 0 Å². The number of hydrogen-bond acceptors (Lipinski definition) is 1. The van der Waals surface area contributed by atoms with Gasteiger partial charge in [-0.05, 0) is 51.9 Å². The molecule has 102 valence electrons. The zero-order valence-corrected chi connectivity index (χ0v) is 13.9. The van der Waals surface area contributed by atoms with Gasteiger partial charge in [-0.25, -0.2) is 0 Å². The van der Waals surface area contributed by atoms with Crippen molar-refractivity contribution in [1.82, 2.24) is 0 Å². The van der Waals surface area contributed by atoms with E-state index in [0.29, 0.717) is 0 Å². The Kier molecular flexibility index (Phi) is 6.00. The fourth-order valence-corrected chi connectivity index (χ4v) is 2.81. The van der Waals surface area contributed by atoms with E-state index in [1.807, 2.05) is 6.07 Å². The normalized spacial score (nSPS) is 13.4. The molecule has 0 aliphatic carbocycles. The summed E-state index contributed by atoms with van der Waals surface area (Å²) in [7, 11) is 0. The van der Waals surface area contributed by atoms with Gasteiger partial charge >= 0.3 is 0 Å². The minimum Gasteiger partial charge on any atom is -0.492 e. The van der Waals surface area contributed by atoms with Crippen molar-refractivity contribution in [2.24, 2.45) is 5.41 Å². The molecule has 0 amide bonds. The van der Waals surface area contributed by atoms with E-state index < -0.39 is 0 Å². The molecule has 0 spiro atoms. The van der Waals surface area contributed by atoms with Gasteiger partial charge in [-0.15, -0.1) is 11.6 Å². The van der Waals surface area contributed by atoms with Gasteiger partial charge < -0.3 is 4.74 Å². The van der Waals surface area contributed by atoms with E-state index in [1.165, 1.54) is 0 Å². The second-order valence-electron chi connectivity index (χ2n) is 5.77. The van der Waals surface area contributed by atoms with Crippen molar-refractivity contribution in [3.63, 3.8) is 0 Å². The Morgan fingerprint density at radius 3 is 2.50 bits per heavy atom. The van der Waals surface area contributed by atoms with E-state index in [1.54, 1.807) is 0 Å². The van der Waals surface area contributed by atoms with Crippen LogP contribution in [0.3, 0.4) is 0 Å². The third kappa shape index (κ3) is 5.19. The van der Waals surface area contributed by atoms with E-state index in [4.69, 9.17) is 16.3 Å². The maximum absolute atomic E-state index is 6.46. The summed E-state index contributed by atoms with van der Waals surface area (Å²) < 4.78 is 6.61. The largest absolute Gasteiger partial charge is 0.492 e. The highest BCUT2D eigenvalue weighted by Gasteiger charge is 2.19. The topological polar surface area (TPSA) is 9.23 Å². The number of halogens is 2. The lowest BCUT2D eigenvalue weighted by molar-refractivity contribution is 0.315. The van der Waals surface area contributed by atoms with E-state index in [0.717, 1.165) is 35.2 Å². The van der Waals surface area contributed by atoms with E-state index in [-0.39, 0.29) is 10.8 Å². The molecule has 0 heterocycles. The van der Waals surface area contributed by atoms with Crippen molar-refractivity contribution in [2.45, 2.75) is 45.9 Å². The molecule has 0 saturated heterocycles. The van der Waals surface area contributed by atoms with Crippen LogP contribution in [0.5, 0.6) is 5.75 Å². The standard InChI is InChI=1S/C15H22BrClO/c1-5-8-18-14-7-6-11(9-12(14)16)13(17)10-15(2,3)4/h6-7,9,13H,5,8,10H2,1-4H3. The summed E-state index contributed by atoms with van der Waals surface area (Å²) in [6.45, 7) is 9.45. The van der Waals surface area contributed by atoms with Gasteiger partial charge in [0, 0.05) is 0 Å². The molecule has 0 N–H and O–H groups in total. The molecule has 1 rings (SSSR count). The number of hydrogen-bond donors (Lipinski definition) is 0. The van der Waals surface area contributed by atoms with Crippen LogP contribution in [0.1, 0.15) is 51.5 Å². The third-order valence-electron chi connectivity index (χ3n) is 2.57. The zero-order valence-electron chi connectivity index (χ0n) is 11.6. The number of ether oxygens (including phenoxy) is 1. The van der Waals surface area contributed by atoms with Crippen LogP contribution in [0.4, 0.5) is 0 Å². The van der Waals surface area contributed by atoms with Gasteiger partial charge in [0.25, 0.3) is 0 Å². The minimum absolute atomic E-state index is 0.0431. The summed E-state index contributed by atoms with van der Waals surface area (Å²) in [5.41, 5.74) is 1.37. The smallest absolute Gasteiger partial charge is 0.133 e. The molecule has 0 saturated carbocycles. The number of benzene rings is 1. The fourth-order valence-electron chi connectivity index (χ4n) is 1.70. The number of alkyl halides is 1. The fraction of sp³-hybridized carbons (Fsp3) is 0.600. The lowest BCUT2D eigenvalue weighted by Crippen LogP contribution is -2.08. The minimum atomic E-state index is 0.0431. The second-order valence-corrected chi connectivity index (χ2v) is 7.15. The van der Waals surface area contributed by atoms with Crippen LogP contribution in [0.15, 0.2) is 22.7 Å². The maximum Gasteiger partial charge on any atom is 0.133 e. The first-order chi connectivity index (χ1) is 8.33. The Morgan fingerprint density at radius 2 is 2.00 bits per heavy atom. The quantitative estimate of drug-likeness (QED) is 0.605. The Morgan fingerprint density at radius 1 is 1.33 bits per heavy atom. The van der Waals surface area contributed by atoms with Gasteiger partial charge in [-0.3, -0.25) is 0 Å². The van der Waals surface area contributed by atoms with Gasteiger partial charge in [-0.1, -0.05) is 33.8 Å². The summed E-state index contributed by atoms with van der Waals surface area (Å²) in [6.07, 6.45) is 1.96. The molecule has 1 aromatic carbocycles. The summed E-state index contributed by atoms with van der Waals surface area (Å²) in [5.74, 6) is 0.889. The molecule has 1 unspecified atom stereocenters. The van der Waals surface area contributed by atoms with Crippen molar-refractivity contribution in [1.29, 1.82) is 0 Å². The molecule has 0 fully saturated rings. The third-order valence-corrected chi connectivity index (χ3v) is 3.60. The molecule has 3 heteroatoms. The van der Waals surface area contributed by atoms with E-state index >= 15 is 0 Å². The molecule has 0 aliphatic heterocycles. The lowest BCUT2D eigenvalue weighted by atomic mass is 9.88. The average molecular weight is 334 g/mol. The highest BCUT2D eigenvalue weighted by Crippen LogP contribution is 2.37. The van der Waals surface area contributed by atoms with Crippen LogP contribution in [-0.4, -0.2) is 6.61 Å². The molecule has 1 aromatic rings. The predicted octanol–water partition coefficient (Wildman–Crippen LogP) is 5.95. The Bertz CT molecular complexity index is 385. The highest BCUT2D eigenvalue weighted by atomic mass is 79.9. The van der Waals surface area contributed by atoms with Gasteiger partial charge in [-0.2, -0.15) is 0 Å². The second kappa shape index (κ2) is 6.81. The van der Waals surface area contributed by atoms with Crippen LogP contribution in [0.25, 0.3) is 0 Å². The van der Waals surface area contributed by atoms with Crippen molar-refractivity contribution >= 4 is 27.5 Å². The average Bonchev–Trinajstić information content (AvgIpc) is 2.25. The molecule has 0 radical (unpaired) electrons. The first-order valence-electron chi connectivity index (χ1n) is 6.40. The Hall–Kier alpha value is -0.210. The van der Waals surface area contributed by atoms with Gasteiger partial charge in [0.1, 0.15) is 5.75 Å². The van der Waals surface area contributed by atoms with Gasteiger partial charge in [0.05, 0.1) is 16.5 Å². The molecule has 0 aromatic heterocycles. The SMILES string of the molecule is CCCOc1ccc(C(Cl)CC(C)(C)C)cc1Br. The highest BCUT2D eigenvalue weighted by molar-refractivity contribution is 9.10. The first-order valence-corrected chi connectivity index (χ1v) is 7.63. The monoisotopic (exact) mass is 332 g/mol. The van der Waals surface area contributed by atoms with Crippen LogP contribution in [0.2, 0.25) is 0 Å². The van der Waals surface area contributed by atoms with E-state index in [2.05, 4.69) is 55.8 Å². The lowest BCUT2D eigenvalue weighted by Gasteiger charge is -2.22. The maximum atomic E-state index is 6.46. The van der Waals surface area contributed by atoms with E-state index in [9.17, 15) is 0 Å². The molecular weight excluding hydrogens is 312 g/mol. The molecule has 0 aliphatic rings. The summed E-state index contributed by atoms with van der Waals surface area (Å²) >= 11 is 10.00. The first kappa shape index (κ1) is 15.8. The molecule has 0 bridgehead atoms. The van der Waals surface area contributed by atoms with Crippen LogP contribution < -0.4 is 4.74 Å². The molecule has 18 heavy (non-hydrogen) atoms. The van der Waals surface area contributed by atoms with Crippen LogP contribution >= 0.6 is 27.5 Å². The van der Waals surface area contributed by atoms with Crippen LogP contribution in [-0.2, 0) is 0 Å². The summed E-state index contributed by atoms with van der Waals surface area (Å²) in [6, 6.07) is 6.11. The van der Waals surface area contributed by atoms with Gasteiger partial charge in [0.15, 0.2) is 0 Å².